The number of amides is 1. The molecule has 0 saturated carbocycles. The van der Waals surface area contributed by atoms with Crippen molar-refractivity contribution in [3.05, 3.63) is 34.6 Å². The maximum absolute atomic E-state index is 13.7. The lowest BCUT2D eigenvalue weighted by atomic mass is 9.96. The summed E-state index contributed by atoms with van der Waals surface area (Å²) in [4.78, 5) is 14.3. The van der Waals surface area contributed by atoms with E-state index in [2.05, 4.69) is 0 Å². The highest BCUT2D eigenvalue weighted by Gasteiger charge is 2.41. The number of rotatable bonds is 6. The average molecular weight is 475 g/mol. The van der Waals surface area contributed by atoms with E-state index in [0.29, 0.717) is 12.2 Å². The van der Waals surface area contributed by atoms with Crippen LogP contribution in [0, 0.1) is 11.2 Å². The number of nitrogens with two attached hydrogens (primary N) is 1. The summed E-state index contributed by atoms with van der Waals surface area (Å²) in [6.07, 6.45) is -2.21. The fraction of sp³-hybridized carbons (Fsp3) is 0.696. The monoisotopic (exact) mass is 474 g/mol. The van der Waals surface area contributed by atoms with Crippen LogP contribution in [0.2, 0.25) is 5.02 Å². The van der Waals surface area contributed by atoms with E-state index >= 15 is 0 Å². The Kier molecular flexibility index (Phi) is 8.92. The zero-order valence-corrected chi connectivity index (χ0v) is 20.5. The molecule has 1 heterocycles. The lowest BCUT2D eigenvalue weighted by Crippen LogP contribution is -2.62. The normalized spacial score (nSPS) is 21.9. The van der Waals surface area contributed by atoms with E-state index in [0.717, 1.165) is 0 Å². The number of benzene rings is 1. The summed E-state index contributed by atoms with van der Waals surface area (Å²) >= 11 is 5.92. The number of nitrogens with zero attached hydrogens (tertiary/aromatic N) is 1. The van der Waals surface area contributed by atoms with Crippen LogP contribution in [-0.2, 0) is 20.6 Å². The SMILES string of the molecule is CC(C)(C)CO[C@H]1CN(C(=O)OC(C)(C)C)[C@@H]([C@@H](O)[C@@H](N)Cc2cc(F)cc(Cl)c2)CO1. The molecule has 1 amide bonds. The molecule has 1 aromatic carbocycles. The Bertz CT molecular complexity index is 760. The van der Waals surface area contributed by atoms with Crippen molar-refractivity contribution in [3.8, 4) is 0 Å². The Hall–Kier alpha value is -1.45. The Morgan fingerprint density at radius 3 is 2.53 bits per heavy atom. The van der Waals surface area contributed by atoms with E-state index in [1.807, 2.05) is 20.8 Å². The third-order valence-electron chi connectivity index (χ3n) is 4.76. The van der Waals surface area contributed by atoms with Crippen molar-refractivity contribution in [1.82, 2.24) is 4.90 Å². The van der Waals surface area contributed by atoms with Crippen molar-refractivity contribution in [2.75, 3.05) is 19.8 Å². The van der Waals surface area contributed by atoms with E-state index in [-0.39, 0.29) is 30.0 Å². The Labute approximate surface area is 194 Å². The van der Waals surface area contributed by atoms with Crippen LogP contribution < -0.4 is 5.73 Å². The molecule has 182 valence electrons. The molecule has 32 heavy (non-hydrogen) atoms. The predicted molar refractivity (Wildman–Crippen MR) is 121 cm³/mol. The molecule has 0 bridgehead atoms. The summed E-state index contributed by atoms with van der Waals surface area (Å²) in [7, 11) is 0. The number of halogens is 2. The van der Waals surface area contributed by atoms with Gasteiger partial charge in [-0.05, 0) is 56.4 Å². The summed E-state index contributed by atoms with van der Waals surface area (Å²) in [6.45, 7) is 11.9. The van der Waals surface area contributed by atoms with Crippen molar-refractivity contribution in [2.24, 2.45) is 11.1 Å². The predicted octanol–water partition coefficient (Wildman–Crippen LogP) is 3.73. The van der Waals surface area contributed by atoms with Crippen LogP contribution in [0.1, 0.15) is 47.1 Å². The van der Waals surface area contributed by atoms with Gasteiger partial charge in [0.1, 0.15) is 11.4 Å². The minimum atomic E-state index is -1.15. The van der Waals surface area contributed by atoms with Gasteiger partial charge in [0, 0.05) is 11.1 Å². The second-order valence-electron chi connectivity index (χ2n) is 10.5. The molecule has 1 aliphatic rings. The molecule has 0 aromatic heterocycles. The van der Waals surface area contributed by atoms with E-state index in [1.165, 1.54) is 17.0 Å². The highest BCUT2D eigenvalue weighted by molar-refractivity contribution is 6.30. The summed E-state index contributed by atoms with van der Waals surface area (Å²) < 4.78 is 30.8. The third-order valence-corrected chi connectivity index (χ3v) is 4.97. The first-order chi connectivity index (χ1) is 14.6. The number of hydrogen-bond acceptors (Lipinski definition) is 6. The van der Waals surface area contributed by atoms with Crippen LogP contribution in [0.5, 0.6) is 0 Å². The smallest absolute Gasteiger partial charge is 0.410 e. The van der Waals surface area contributed by atoms with Crippen molar-refractivity contribution in [3.63, 3.8) is 0 Å². The molecular formula is C23H36ClFN2O5. The number of carbonyl (C=O) groups is 1. The minimum absolute atomic E-state index is 0.0207. The number of hydrogen-bond donors (Lipinski definition) is 2. The summed E-state index contributed by atoms with van der Waals surface area (Å²) in [5, 5.41) is 11.2. The van der Waals surface area contributed by atoms with E-state index in [1.54, 1.807) is 26.8 Å². The molecule has 7 nitrogen and oxygen atoms in total. The van der Waals surface area contributed by atoms with Gasteiger partial charge < -0.3 is 25.1 Å². The Balaban J connectivity index is 2.15. The first-order valence-electron chi connectivity index (χ1n) is 10.8. The van der Waals surface area contributed by atoms with Crippen LogP contribution in [0.25, 0.3) is 0 Å². The summed E-state index contributed by atoms with van der Waals surface area (Å²) in [6, 6.07) is 2.56. The minimum Gasteiger partial charge on any atom is -0.444 e. The molecule has 1 aromatic rings. The molecular weight excluding hydrogens is 439 g/mol. The number of carbonyl (C=O) groups excluding carboxylic acids is 1. The van der Waals surface area contributed by atoms with Crippen molar-refractivity contribution in [2.45, 2.75) is 78.0 Å². The van der Waals surface area contributed by atoms with Gasteiger partial charge in [0.25, 0.3) is 0 Å². The van der Waals surface area contributed by atoms with Gasteiger partial charge in [0.05, 0.1) is 31.9 Å². The van der Waals surface area contributed by atoms with Gasteiger partial charge in [-0.15, -0.1) is 0 Å². The Morgan fingerprint density at radius 1 is 1.31 bits per heavy atom. The second-order valence-corrected chi connectivity index (χ2v) is 10.9. The van der Waals surface area contributed by atoms with E-state index in [4.69, 9.17) is 31.5 Å². The lowest BCUT2D eigenvalue weighted by molar-refractivity contribution is -0.210. The lowest BCUT2D eigenvalue weighted by Gasteiger charge is -2.43. The molecule has 0 aliphatic carbocycles. The highest BCUT2D eigenvalue weighted by Crippen LogP contribution is 2.24. The topological polar surface area (TPSA) is 94.2 Å². The molecule has 1 fully saturated rings. The fourth-order valence-electron chi connectivity index (χ4n) is 3.31. The maximum Gasteiger partial charge on any atom is 0.410 e. The number of ether oxygens (including phenoxy) is 3. The van der Waals surface area contributed by atoms with E-state index in [9.17, 15) is 14.3 Å². The molecule has 3 N–H and O–H groups in total. The second kappa shape index (κ2) is 10.7. The number of morpholine rings is 1. The van der Waals surface area contributed by atoms with Gasteiger partial charge in [-0.2, -0.15) is 0 Å². The Morgan fingerprint density at radius 2 is 1.97 bits per heavy atom. The van der Waals surface area contributed by atoms with Gasteiger partial charge in [-0.1, -0.05) is 32.4 Å². The van der Waals surface area contributed by atoms with Gasteiger partial charge in [0.15, 0.2) is 6.29 Å². The van der Waals surface area contributed by atoms with Gasteiger partial charge >= 0.3 is 6.09 Å². The van der Waals surface area contributed by atoms with Gasteiger partial charge in [0.2, 0.25) is 0 Å². The molecule has 4 atom stereocenters. The number of aliphatic hydroxyl groups excluding tert-OH is 1. The van der Waals surface area contributed by atoms with Crippen LogP contribution in [0.3, 0.4) is 0 Å². The molecule has 0 unspecified atom stereocenters. The van der Waals surface area contributed by atoms with Gasteiger partial charge in [-0.25, -0.2) is 9.18 Å². The molecule has 1 saturated heterocycles. The fourth-order valence-corrected chi connectivity index (χ4v) is 3.55. The van der Waals surface area contributed by atoms with Crippen LogP contribution in [-0.4, -0.2) is 65.9 Å². The quantitative estimate of drug-likeness (QED) is 0.652. The maximum atomic E-state index is 13.7. The molecule has 1 aliphatic heterocycles. The zero-order valence-electron chi connectivity index (χ0n) is 19.7. The first kappa shape index (κ1) is 26.8. The van der Waals surface area contributed by atoms with E-state index < -0.39 is 42.0 Å². The first-order valence-corrected chi connectivity index (χ1v) is 11.1. The molecule has 0 radical (unpaired) electrons. The highest BCUT2D eigenvalue weighted by atomic mass is 35.5. The zero-order chi connectivity index (χ0) is 24.3. The third kappa shape index (κ3) is 8.48. The summed E-state index contributed by atoms with van der Waals surface area (Å²) in [5.74, 6) is -0.482. The number of aliphatic hydroxyl groups is 1. The largest absolute Gasteiger partial charge is 0.444 e. The van der Waals surface area contributed by atoms with Crippen molar-refractivity contribution in [1.29, 1.82) is 0 Å². The standard InChI is InChI=1S/C23H36ClFN2O5/c1-22(2,3)13-31-19-11-27(21(29)32-23(4,5)6)18(12-30-19)20(28)17(26)9-14-7-15(24)10-16(25)8-14/h7-8,10,17-20,28H,9,11-13,26H2,1-6H3/t17-,18+,19-,20-/m0/s1. The molecule has 0 spiro atoms. The van der Waals surface area contributed by atoms with Crippen LogP contribution >= 0.6 is 11.6 Å². The molecule has 2 rings (SSSR count). The van der Waals surface area contributed by atoms with Crippen LogP contribution in [0.15, 0.2) is 18.2 Å². The van der Waals surface area contributed by atoms with Gasteiger partial charge in [-0.3, -0.25) is 4.90 Å². The molecule has 9 heteroatoms. The van der Waals surface area contributed by atoms with Crippen molar-refractivity contribution >= 4 is 17.7 Å². The average Bonchev–Trinajstić information content (AvgIpc) is 2.62. The summed E-state index contributed by atoms with van der Waals surface area (Å²) in [5.41, 5.74) is 6.00. The van der Waals surface area contributed by atoms with Crippen LogP contribution in [0.4, 0.5) is 9.18 Å². The van der Waals surface area contributed by atoms with Crippen molar-refractivity contribution < 1.29 is 28.5 Å².